The smallest absolute Gasteiger partial charge is 0.411 e. The van der Waals surface area contributed by atoms with Crippen LogP contribution in [0.1, 0.15) is 17.2 Å². The Morgan fingerprint density at radius 2 is 2.12 bits per heavy atom. The molecule has 1 unspecified atom stereocenters. The molecule has 26 heavy (non-hydrogen) atoms. The summed E-state index contributed by atoms with van der Waals surface area (Å²) < 4.78 is 38.4. The predicted octanol–water partition coefficient (Wildman–Crippen LogP) is 3.11. The molecule has 0 saturated heterocycles. The molecule has 1 atom stereocenters. The van der Waals surface area contributed by atoms with Gasteiger partial charge in [0.05, 0.1) is 31.7 Å². The van der Waals surface area contributed by atoms with E-state index in [1.165, 1.54) is 19.5 Å². The Hall–Kier alpha value is -3.20. The Labute approximate surface area is 146 Å². The molecule has 0 spiro atoms. The summed E-state index contributed by atoms with van der Waals surface area (Å²) in [7, 11) is 2.56. The lowest BCUT2D eigenvalue weighted by atomic mass is 9.99. The molecule has 3 aromatic rings. The Balaban J connectivity index is 2.09. The van der Waals surface area contributed by atoms with E-state index in [-0.39, 0.29) is 11.3 Å². The maximum absolute atomic E-state index is 14.7. The predicted molar refractivity (Wildman–Crippen MR) is 89.1 cm³/mol. The van der Waals surface area contributed by atoms with Crippen LogP contribution in [-0.2, 0) is 4.74 Å². The summed E-state index contributed by atoms with van der Waals surface area (Å²) in [6.07, 6.45) is 0.312. The van der Waals surface area contributed by atoms with E-state index in [4.69, 9.17) is 4.74 Å². The summed E-state index contributed by atoms with van der Waals surface area (Å²) >= 11 is 0. The van der Waals surface area contributed by atoms with Gasteiger partial charge >= 0.3 is 6.09 Å². The maximum Gasteiger partial charge on any atom is 0.411 e. The number of ether oxygens (including phenoxy) is 2. The fraction of sp³-hybridized carbons (Fsp3) is 0.176. The largest absolute Gasteiger partial charge is 0.495 e. The molecule has 3 N–H and O–H groups in total. The van der Waals surface area contributed by atoms with Crippen LogP contribution in [0.25, 0.3) is 11.0 Å². The van der Waals surface area contributed by atoms with Gasteiger partial charge in [-0.05, 0) is 18.2 Å². The molecule has 0 aliphatic heterocycles. The number of H-pyrrole nitrogens is 1. The van der Waals surface area contributed by atoms with E-state index in [1.807, 2.05) is 0 Å². The zero-order valence-corrected chi connectivity index (χ0v) is 13.8. The number of aliphatic hydroxyl groups excluding tert-OH is 1. The number of nitrogens with one attached hydrogen (secondary N) is 2. The number of benzene rings is 1. The van der Waals surface area contributed by atoms with Crippen molar-refractivity contribution >= 4 is 22.8 Å². The average Bonchev–Trinajstić information content (AvgIpc) is 3.06. The number of aliphatic hydroxyl groups is 1. The van der Waals surface area contributed by atoms with Gasteiger partial charge in [-0.1, -0.05) is 0 Å². The van der Waals surface area contributed by atoms with Crippen LogP contribution in [0, 0.1) is 11.6 Å². The average molecular weight is 363 g/mol. The fourth-order valence-corrected chi connectivity index (χ4v) is 2.58. The first kappa shape index (κ1) is 17.6. The third kappa shape index (κ3) is 3.04. The molecule has 2 aromatic heterocycles. The molecule has 136 valence electrons. The minimum absolute atomic E-state index is 0.208. The van der Waals surface area contributed by atoms with Crippen molar-refractivity contribution in [2.24, 2.45) is 0 Å². The molecular formula is C17H15F2N3O4. The Kier molecular flexibility index (Phi) is 4.72. The minimum atomic E-state index is -1.64. The van der Waals surface area contributed by atoms with Crippen molar-refractivity contribution in [2.45, 2.75) is 6.10 Å². The van der Waals surface area contributed by atoms with Gasteiger partial charge < -0.3 is 19.6 Å². The van der Waals surface area contributed by atoms with E-state index in [9.17, 15) is 18.7 Å². The van der Waals surface area contributed by atoms with Crippen LogP contribution in [0.2, 0.25) is 0 Å². The quantitative estimate of drug-likeness (QED) is 0.662. The zero-order chi connectivity index (χ0) is 18.8. The summed E-state index contributed by atoms with van der Waals surface area (Å²) in [5, 5.41) is 13.2. The van der Waals surface area contributed by atoms with Crippen LogP contribution >= 0.6 is 0 Å². The highest BCUT2D eigenvalue weighted by molar-refractivity contribution is 5.85. The summed E-state index contributed by atoms with van der Waals surface area (Å²) in [4.78, 5) is 18.2. The number of halogens is 2. The first-order chi connectivity index (χ1) is 12.5. The van der Waals surface area contributed by atoms with E-state index >= 15 is 0 Å². The maximum atomic E-state index is 14.7. The molecule has 1 amide bonds. The van der Waals surface area contributed by atoms with E-state index < -0.39 is 29.4 Å². The third-order valence-corrected chi connectivity index (χ3v) is 3.89. The highest BCUT2D eigenvalue weighted by atomic mass is 19.1. The van der Waals surface area contributed by atoms with Crippen LogP contribution in [0.15, 0.2) is 30.6 Å². The van der Waals surface area contributed by atoms with Crippen LogP contribution in [-0.4, -0.2) is 35.4 Å². The number of aromatic nitrogens is 2. The fourth-order valence-electron chi connectivity index (χ4n) is 2.58. The molecule has 1 aromatic carbocycles. The number of carbonyl (C=O) groups excluding carboxylic acids is 1. The van der Waals surface area contributed by atoms with Crippen LogP contribution < -0.4 is 10.1 Å². The summed E-state index contributed by atoms with van der Waals surface area (Å²) in [6, 6.07) is 3.57. The molecule has 2 heterocycles. The molecule has 0 saturated carbocycles. The van der Waals surface area contributed by atoms with Gasteiger partial charge in [-0.15, -0.1) is 0 Å². The van der Waals surface area contributed by atoms with Crippen molar-refractivity contribution < 1.29 is 28.2 Å². The Morgan fingerprint density at radius 3 is 2.81 bits per heavy atom. The van der Waals surface area contributed by atoms with Crippen molar-refractivity contribution in [3.05, 3.63) is 53.4 Å². The normalized spacial score (nSPS) is 12.0. The zero-order valence-electron chi connectivity index (χ0n) is 13.8. The number of methoxy groups -OCH3 is 2. The summed E-state index contributed by atoms with van der Waals surface area (Å²) in [6.45, 7) is 0. The molecule has 0 bridgehead atoms. The molecule has 0 radical (unpaired) electrons. The number of aromatic amines is 1. The number of carbonyl (C=O) groups is 1. The first-order valence-electron chi connectivity index (χ1n) is 7.48. The van der Waals surface area contributed by atoms with Crippen molar-refractivity contribution in [1.29, 1.82) is 0 Å². The van der Waals surface area contributed by atoms with Crippen LogP contribution in [0.5, 0.6) is 5.75 Å². The van der Waals surface area contributed by atoms with Gasteiger partial charge in [0.2, 0.25) is 0 Å². The molecule has 7 nitrogen and oxygen atoms in total. The van der Waals surface area contributed by atoms with Crippen LogP contribution in [0.3, 0.4) is 0 Å². The molecular weight excluding hydrogens is 348 g/mol. The number of anilines is 1. The number of nitrogens with zero attached hydrogens (tertiary/aromatic N) is 1. The van der Waals surface area contributed by atoms with E-state index in [0.717, 1.165) is 19.2 Å². The van der Waals surface area contributed by atoms with E-state index in [2.05, 4.69) is 20.0 Å². The number of rotatable bonds is 4. The molecule has 3 rings (SSSR count). The summed E-state index contributed by atoms with van der Waals surface area (Å²) in [5.41, 5.74) is -0.297. The second-order valence-corrected chi connectivity index (χ2v) is 5.36. The van der Waals surface area contributed by atoms with Gasteiger partial charge in [-0.2, -0.15) is 0 Å². The van der Waals surface area contributed by atoms with E-state index in [1.54, 1.807) is 6.07 Å². The lowest BCUT2D eigenvalue weighted by Crippen LogP contribution is -2.14. The number of hydrogen-bond acceptors (Lipinski definition) is 5. The Morgan fingerprint density at radius 1 is 1.35 bits per heavy atom. The Bertz CT molecular complexity index is 974. The highest BCUT2D eigenvalue weighted by Gasteiger charge is 2.25. The lowest BCUT2D eigenvalue weighted by molar-refractivity contribution is 0.186. The summed E-state index contributed by atoms with van der Waals surface area (Å²) in [5.74, 6) is -1.64. The SMILES string of the molecule is COC(=O)Nc1ccc(F)c(C(O)c2c[nH]c3ncc(OC)cc23)c1F. The van der Waals surface area contributed by atoms with E-state index in [0.29, 0.717) is 16.8 Å². The number of hydrogen-bond donors (Lipinski definition) is 3. The van der Waals surface area contributed by atoms with Crippen molar-refractivity contribution in [3.8, 4) is 5.75 Å². The number of amides is 1. The second-order valence-electron chi connectivity index (χ2n) is 5.36. The van der Waals surface area contributed by atoms with Gasteiger partial charge in [-0.25, -0.2) is 18.6 Å². The number of fused-ring (bicyclic) bond motifs is 1. The monoisotopic (exact) mass is 363 g/mol. The van der Waals surface area contributed by atoms with Gasteiger partial charge in [0.25, 0.3) is 0 Å². The molecule has 0 aliphatic carbocycles. The molecule has 9 heteroatoms. The topological polar surface area (TPSA) is 96.5 Å². The molecule has 0 fully saturated rings. The van der Waals surface area contributed by atoms with Crippen molar-refractivity contribution in [3.63, 3.8) is 0 Å². The highest BCUT2D eigenvalue weighted by Crippen LogP contribution is 2.34. The van der Waals surface area contributed by atoms with Crippen molar-refractivity contribution in [2.75, 3.05) is 19.5 Å². The standard InChI is InChI=1S/C17H15F2N3O4/c1-25-8-5-9-10(7-21-16(9)20-6-8)15(23)13-11(18)3-4-12(14(13)19)22-17(24)26-2/h3-7,15,23H,1-2H3,(H,20,21)(H,22,24). The van der Waals surface area contributed by atoms with Gasteiger partial charge in [-0.3, -0.25) is 5.32 Å². The van der Waals surface area contributed by atoms with Crippen molar-refractivity contribution in [1.82, 2.24) is 9.97 Å². The van der Waals surface area contributed by atoms with Gasteiger partial charge in [0, 0.05) is 17.1 Å². The number of pyridine rings is 1. The second kappa shape index (κ2) is 6.96. The lowest BCUT2D eigenvalue weighted by Gasteiger charge is -2.15. The molecule has 0 aliphatic rings. The van der Waals surface area contributed by atoms with Crippen LogP contribution in [0.4, 0.5) is 19.3 Å². The minimum Gasteiger partial charge on any atom is -0.495 e. The van der Waals surface area contributed by atoms with Gasteiger partial charge in [0.15, 0.2) is 5.82 Å². The van der Waals surface area contributed by atoms with Gasteiger partial charge in [0.1, 0.15) is 23.3 Å². The third-order valence-electron chi connectivity index (χ3n) is 3.89. The first-order valence-corrected chi connectivity index (χ1v) is 7.48.